The van der Waals surface area contributed by atoms with Crippen molar-refractivity contribution >= 4 is 44.8 Å². The molecule has 4 rings (SSSR count). The monoisotopic (exact) mass is 557 g/mol. The van der Waals surface area contributed by atoms with Crippen molar-refractivity contribution in [3.63, 3.8) is 0 Å². The number of methoxy groups -OCH3 is 1. The van der Waals surface area contributed by atoms with E-state index in [0.717, 1.165) is 9.87 Å². The summed E-state index contributed by atoms with van der Waals surface area (Å²) in [6, 6.07) is 17.4. The highest BCUT2D eigenvalue weighted by Crippen LogP contribution is 2.32. The normalized spacial score (nSPS) is 13.6. The third kappa shape index (κ3) is 6.09. The number of aryl methyl sites for hydroxylation is 1. The molecule has 3 aromatic carbocycles. The molecular weight excluding hydrogens is 530 g/mol. The zero-order valence-electron chi connectivity index (χ0n) is 21.0. The first-order valence-corrected chi connectivity index (χ1v) is 13.7. The van der Waals surface area contributed by atoms with Crippen molar-refractivity contribution in [3.8, 4) is 5.75 Å². The van der Waals surface area contributed by atoms with E-state index in [2.05, 4.69) is 5.32 Å². The number of para-hydroxylation sites is 1. The first kappa shape index (κ1) is 27.4. The number of carbonyl (C=O) groups excluding carboxylic acids is 2. The van der Waals surface area contributed by atoms with Gasteiger partial charge in [-0.1, -0.05) is 41.4 Å². The topological polar surface area (TPSA) is 105 Å². The van der Waals surface area contributed by atoms with Crippen LogP contribution >= 0.6 is 11.6 Å². The van der Waals surface area contributed by atoms with Crippen molar-refractivity contribution < 1.29 is 27.5 Å². The van der Waals surface area contributed by atoms with Crippen LogP contribution in [0.4, 0.5) is 11.4 Å². The molecule has 1 N–H and O–H groups in total. The predicted octanol–water partition coefficient (Wildman–Crippen LogP) is 3.96. The second kappa shape index (κ2) is 11.8. The number of rotatable bonds is 8. The minimum atomic E-state index is -4.15. The maximum Gasteiger partial charge on any atom is 0.264 e. The molecule has 200 valence electrons. The lowest BCUT2D eigenvalue weighted by molar-refractivity contribution is -0.114. The number of morpholine rings is 1. The van der Waals surface area contributed by atoms with Gasteiger partial charge in [0, 0.05) is 13.1 Å². The largest absolute Gasteiger partial charge is 0.495 e. The van der Waals surface area contributed by atoms with E-state index in [0.29, 0.717) is 37.6 Å². The Bertz CT molecular complexity index is 1420. The van der Waals surface area contributed by atoms with Crippen LogP contribution in [0.3, 0.4) is 0 Å². The van der Waals surface area contributed by atoms with Crippen LogP contribution in [0.5, 0.6) is 5.75 Å². The lowest BCUT2D eigenvalue weighted by Crippen LogP contribution is -2.41. The summed E-state index contributed by atoms with van der Waals surface area (Å²) < 4.78 is 38.8. The Morgan fingerprint density at radius 2 is 1.74 bits per heavy atom. The Morgan fingerprint density at radius 3 is 2.39 bits per heavy atom. The van der Waals surface area contributed by atoms with Gasteiger partial charge in [0.25, 0.3) is 15.9 Å². The van der Waals surface area contributed by atoms with Gasteiger partial charge in [0.1, 0.15) is 12.3 Å². The van der Waals surface area contributed by atoms with Crippen LogP contribution in [-0.4, -0.2) is 65.1 Å². The van der Waals surface area contributed by atoms with Gasteiger partial charge >= 0.3 is 0 Å². The number of sulfonamides is 1. The van der Waals surface area contributed by atoms with Crippen LogP contribution in [0.2, 0.25) is 5.02 Å². The fourth-order valence-corrected chi connectivity index (χ4v) is 5.66. The molecule has 0 atom stereocenters. The quantitative estimate of drug-likeness (QED) is 0.449. The molecule has 0 unspecified atom stereocenters. The fraction of sp³-hybridized carbons (Fsp3) is 0.259. The number of benzene rings is 3. The summed E-state index contributed by atoms with van der Waals surface area (Å²) in [5, 5.41) is 2.91. The SMILES string of the molecule is COc1ccc(N(CC(=O)Nc2ccccc2C(=O)N2CCOCC2)S(=O)(=O)c2ccc(C)cc2)cc1Cl. The number of nitrogens with zero attached hydrogens (tertiary/aromatic N) is 2. The minimum absolute atomic E-state index is 0.0192. The third-order valence-corrected chi connectivity index (χ3v) is 8.13. The Hall–Kier alpha value is -3.60. The van der Waals surface area contributed by atoms with Gasteiger partial charge < -0.3 is 19.7 Å². The summed E-state index contributed by atoms with van der Waals surface area (Å²) in [5.41, 5.74) is 1.67. The molecule has 9 nitrogen and oxygen atoms in total. The second-order valence-electron chi connectivity index (χ2n) is 8.64. The molecule has 1 heterocycles. The number of nitrogens with one attached hydrogen (secondary N) is 1. The molecular formula is C27H28ClN3O6S. The van der Waals surface area contributed by atoms with Crippen LogP contribution < -0.4 is 14.4 Å². The first-order chi connectivity index (χ1) is 18.2. The molecule has 0 aromatic heterocycles. The van der Waals surface area contributed by atoms with Crippen molar-refractivity contribution in [2.75, 3.05) is 49.6 Å². The van der Waals surface area contributed by atoms with E-state index in [4.69, 9.17) is 21.1 Å². The summed E-state index contributed by atoms with van der Waals surface area (Å²) in [4.78, 5) is 28.0. The van der Waals surface area contributed by atoms with Gasteiger partial charge in [-0.25, -0.2) is 8.42 Å². The Morgan fingerprint density at radius 1 is 1.05 bits per heavy atom. The average Bonchev–Trinajstić information content (AvgIpc) is 2.92. The van der Waals surface area contributed by atoms with Crippen molar-refractivity contribution in [1.29, 1.82) is 0 Å². The van der Waals surface area contributed by atoms with Crippen LogP contribution in [0.15, 0.2) is 71.6 Å². The van der Waals surface area contributed by atoms with E-state index in [-0.39, 0.29) is 27.2 Å². The standard InChI is InChI=1S/C27H28ClN3O6S/c1-19-7-10-21(11-8-19)38(34,35)31(20-9-12-25(36-2)23(28)17-20)18-26(32)29-24-6-4-3-5-22(24)27(33)30-13-15-37-16-14-30/h3-12,17H,13-16,18H2,1-2H3,(H,29,32). The van der Waals surface area contributed by atoms with Crippen molar-refractivity contribution in [3.05, 3.63) is 82.9 Å². The molecule has 1 saturated heterocycles. The first-order valence-electron chi connectivity index (χ1n) is 11.9. The maximum atomic E-state index is 13.7. The minimum Gasteiger partial charge on any atom is -0.495 e. The highest BCUT2D eigenvalue weighted by Gasteiger charge is 2.29. The van der Waals surface area contributed by atoms with Gasteiger partial charge in [0.05, 0.1) is 47.2 Å². The lowest BCUT2D eigenvalue weighted by Gasteiger charge is -2.28. The van der Waals surface area contributed by atoms with Gasteiger partial charge in [0.2, 0.25) is 5.91 Å². The summed E-state index contributed by atoms with van der Waals surface area (Å²) in [7, 11) is -2.70. The summed E-state index contributed by atoms with van der Waals surface area (Å²) in [6.45, 7) is 3.07. The van der Waals surface area contributed by atoms with Gasteiger partial charge in [0.15, 0.2) is 0 Å². The molecule has 0 spiro atoms. The number of carbonyl (C=O) groups is 2. The van der Waals surface area contributed by atoms with E-state index in [1.54, 1.807) is 41.3 Å². The lowest BCUT2D eigenvalue weighted by atomic mass is 10.1. The van der Waals surface area contributed by atoms with Gasteiger partial charge in [-0.05, 0) is 49.4 Å². The van der Waals surface area contributed by atoms with Crippen LogP contribution in [0.25, 0.3) is 0 Å². The van der Waals surface area contributed by atoms with Crippen molar-refractivity contribution in [2.24, 2.45) is 0 Å². The van der Waals surface area contributed by atoms with Crippen molar-refractivity contribution in [2.45, 2.75) is 11.8 Å². The molecule has 0 radical (unpaired) electrons. The van der Waals surface area contributed by atoms with Crippen LogP contribution in [-0.2, 0) is 19.6 Å². The molecule has 1 aliphatic rings. The van der Waals surface area contributed by atoms with Crippen molar-refractivity contribution in [1.82, 2.24) is 4.90 Å². The van der Waals surface area contributed by atoms with Gasteiger partial charge in [-0.3, -0.25) is 13.9 Å². The van der Waals surface area contributed by atoms with Crippen LogP contribution in [0, 0.1) is 6.92 Å². The number of halogens is 1. The number of amides is 2. The van der Waals surface area contributed by atoms with E-state index < -0.39 is 22.5 Å². The molecule has 0 saturated carbocycles. The summed E-state index contributed by atoms with van der Waals surface area (Å²) in [5.74, 6) is -0.506. The zero-order valence-corrected chi connectivity index (χ0v) is 22.6. The van der Waals surface area contributed by atoms with E-state index in [1.165, 1.54) is 37.4 Å². The highest BCUT2D eigenvalue weighted by molar-refractivity contribution is 7.92. The molecule has 3 aromatic rings. The fourth-order valence-electron chi connectivity index (χ4n) is 4.00. The third-order valence-electron chi connectivity index (χ3n) is 6.05. The van der Waals surface area contributed by atoms with Crippen LogP contribution in [0.1, 0.15) is 15.9 Å². The number of anilines is 2. The van der Waals surface area contributed by atoms with E-state index >= 15 is 0 Å². The summed E-state index contributed by atoms with van der Waals surface area (Å²) >= 11 is 6.29. The Kier molecular flexibility index (Phi) is 8.55. The number of hydrogen-bond donors (Lipinski definition) is 1. The molecule has 2 amide bonds. The predicted molar refractivity (Wildman–Crippen MR) is 146 cm³/mol. The van der Waals surface area contributed by atoms with Gasteiger partial charge in [-0.15, -0.1) is 0 Å². The summed E-state index contributed by atoms with van der Waals surface area (Å²) in [6.07, 6.45) is 0. The smallest absolute Gasteiger partial charge is 0.264 e. The van der Waals surface area contributed by atoms with E-state index in [9.17, 15) is 18.0 Å². The Labute approximate surface area is 227 Å². The number of ether oxygens (including phenoxy) is 2. The molecule has 1 aliphatic heterocycles. The molecule has 1 fully saturated rings. The molecule has 38 heavy (non-hydrogen) atoms. The zero-order chi connectivity index (χ0) is 27.3. The van der Waals surface area contributed by atoms with E-state index in [1.807, 2.05) is 6.92 Å². The second-order valence-corrected chi connectivity index (χ2v) is 10.9. The highest BCUT2D eigenvalue weighted by atomic mass is 35.5. The van der Waals surface area contributed by atoms with Gasteiger partial charge in [-0.2, -0.15) is 0 Å². The average molecular weight is 558 g/mol. The number of hydrogen-bond acceptors (Lipinski definition) is 6. The molecule has 0 bridgehead atoms. The maximum absolute atomic E-state index is 13.7. The Balaban J connectivity index is 1.64. The molecule has 11 heteroatoms. The molecule has 0 aliphatic carbocycles.